The van der Waals surface area contributed by atoms with E-state index in [9.17, 15) is 9.18 Å². The molecule has 176 valence electrons. The number of benzene rings is 3. The Labute approximate surface area is 199 Å². The zero-order chi connectivity index (χ0) is 23.9. The number of rotatable bonds is 10. The van der Waals surface area contributed by atoms with E-state index < -0.39 is 0 Å². The lowest BCUT2D eigenvalue weighted by Gasteiger charge is -2.12. The van der Waals surface area contributed by atoms with Crippen LogP contribution in [-0.2, 0) is 13.1 Å². The molecule has 0 aliphatic rings. The Morgan fingerprint density at radius 3 is 2.53 bits per heavy atom. The van der Waals surface area contributed by atoms with Gasteiger partial charge in [-0.2, -0.15) is 0 Å². The number of amides is 1. The van der Waals surface area contributed by atoms with Gasteiger partial charge < -0.3 is 14.6 Å². The van der Waals surface area contributed by atoms with E-state index in [1.807, 2.05) is 36.4 Å². The number of para-hydroxylation sites is 2. The lowest BCUT2D eigenvalue weighted by molar-refractivity contribution is 0.0949. The molecular formula is C28H30FN3O2. The summed E-state index contributed by atoms with van der Waals surface area (Å²) in [5, 5.41) is 2.90. The van der Waals surface area contributed by atoms with Gasteiger partial charge in [-0.1, -0.05) is 38.1 Å². The van der Waals surface area contributed by atoms with Crippen LogP contribution in [0.25, 0.3) is 11.0 Å². The molecule has 1 aromatic heterocycles. The summed E-state index contributed by atoms with van der Waals surface area (Å²) in [6, 6.07) is 21.8. The molecule has 1 amide bonds. The molecule has 0 bridgehead atoms. The molecule has 4 aromatic rings. The molecular weight excluding hydrogens is 429 g/mol. The molecule has 5 nitrogen and oxygen atoms in total. The molecule has 34 heavy (non-hydrogen) atoms. The third-order valence-corrected chi connectivity index (χ3v) is 6.10. The maximum Gasteiger partial charge on any atom is 0.251 e. The second-order valence-electron chi connectivity index (χ2n) is 8.44. The fraction of sp³-hybridized carbons (Fsp3) is 0.286. The van der Waals surface area contributed by atoms with Crippen LogP contribution in [0.1, 0.15) is 54.4 Å². The van der Waals surface area contributed by atoms with E-state index >= 15 is 0 Å². The number of hydrogen-bond acceptors (Lipinski definition) is 3. The molecule has 0 aliphatic heterocycles. The standard InChI is InChI=1S/C28H30FN3O2/c1-3-20(2)21-11-15-24(16-12-21)34-18-6-17-32-26-8-5-4-7-25(26)31-27(32)19-30-28(33)22-9-13-23(29)14-10-22/h4-5,7-16,20H,3,6,17-19H2,1-2H3,(H,30,33). The number of nitrogens with one attached hydrogen (secondary N) is 1. The second kappa shape index (κ2) is 11.0. The fourth-order valence-corrected chi connectivity index (χ4v) is 3.91. The monoisotopic (exact) mass is 459 g/mol. The van der Waals surface area contributed by atoms with Crippen LogP contribution in [0.15, 0.2) is 72.8 Å². The molecule has 1 atom stereocenters. The van der Waals surface area contributed by atoms with Gasteiger partial charge in [-0.3, -0.25) is 4.79 Å². The van der Waals surface area contributed by atoms with Crippen LogP contribution < -0.4 is 10.1 Å². The number of hydrogen-bond donors (Lipinski definition) is 1. The number of aryl methyl sites for hydroxylation is 1. The molecule has 1 unspecified atom stereocenters. The van der Waals surface area contributed by atoms with Gasteiger partial charge in [-0.25, -0.2) is 9.37 Å². The summed E-state index contributed by atoms with van der Waals surface area (Å²) < 4.78 is 21.2. The number of ether oxygens (including phenoxy) is 1. The van der Waals surface area contributed by atoms with E-state index in [1.54, 1.807) is 0 Å². The van der Waals surface area contributed by atoms with Crippen molar-refractivity contribution in [3.8, 4) is 5.75 Å². The molecule has 0 fully saturated rings. The minimum Gasteiger partial charge on any atom is -0.494 e. The molecule has 0 spiro atoms. The molecule has 1 N–H and O–H groups in total. The van der Waals surface area contributed by atoms with Crippen LogP contribution in [0.2, 0.25) is 0 Å². The van der Waals surface area contributed by atoms with Crippen molar-refractivity contribution < 1.29 is 13.9 Å². The number of imidazole rings is 1. The lowest BCUT2D eigenvalue weighted by Crippen LogP contribution is -2.25. The molecule has 6 heteroatoms. The molecule has 4 rings (SSSR count). The van der Waals surface area contributed by atoms with E-state index in [0.717, 1.165) is 35.4 Å². The van der Waals surface area contributed by atoms with Crippen molar-refractivity contribution in [2.75, 3.05) is 6.61 Å². The smallest absolute Gasteiger partial charge is 0.251 e. The summed E-state index contributed by atoms with van der Waals surface area (Å²) in [6.45, 7) is 5.99. The Hall–Kier alpha value is -3.67. The highest BCUT2D eigenvalue weighted by Gasteiger charge is 2.13. The van der Waals surface area contributed by atoms with Gasteiger partial charge >= 0.3 is 0 Å². The quantitative estimate of drug-likeness (QED) is 0.292. The van der Waals surface area contributed by atoms with Crippen molar-refractivity contribution >= 4 is 16.9 Å². The Kier molecular flexibility index (Phi) is 7.58. The van der Waals surface area contributed by atoms with Gasteiger partial charge in [0.2, 0.25) is 0 Å². The summed E-state index contributed by atoms with van der Waals surface area (Å²) >= 11 is 0. The maximum absolute atomic E-state index is 13.1. The predicted octanol–water partition coefficient (Wildman–Crippen LogP) is 6.09. The van der Waals surface area contributed by atoms with Crippen molar-refractivity contribution in [2.45, 2.75) is 45.7 Å². The summed E-state index contributed by atoms with van der Waals surface area (Å²) in [5.41, 5.74) is 3.64. The first-order chi connectivity index (χ1) is 16.5. The van der Waals surface area contributed by atoms with Gasteiger partial charge in [0.1, 0.15) is 17.4 Å². The summed E-state index contributed by atoms with van der Waals surface area (Å²) in [4.78, 5) is 17.2. The lowest BCUT2D eigenvalue weighted by atomic mass is 9.99. The zero-order valence-electron chi connectivity index (χ0n) is 19.6. The predicted molar refractivity (Wildman–Crippen MR) is 133 cm³/mol. The van der Waals surface area contributed by atoms with Crippen LogP contribution in [0.4, 0.5) is 4.39 Å². The van der Waals surface area contributed by atoms with E-state index in [1.165, 1.54) is 29.8 Å². The average molecular weight is 460 g/mol. The molecule has 0 radical (unpaired) electrons. The van der Waals surface area contributed by atoms with Gasteiger partial charge in [0.15, 0.2) is 0 Å². The van der Waals surface area contributed by atoms with Gasteiger partial charge in [0.25, 0.3) is 5.91 Å². The fourth-order valence-electron chi connectivity index (χ4n) is 3.91. The maximum atomic E-state index is 13.1. The third-order valence-electron chi connectivity index (χ3n) is 6.10. The van der Waals surface area contributed by atoms with Crippen molar-refractivity contribution in [2.24, 2.45) is 0 Å². The van der Waals surface area contributed by atoms with E-state index in [0.29, 0.717) is 24.6 Å². The highest BCUT2D eigenvalue weighted by Crippen LogP contribution is 2.22. The minimum absolute atomic E-state index is 0.261. The number of carbonyl (C=O) groups is 1. The SMILES string of the molecule is CCC(C)c1ccc(OCCCn2c(CNC(=O)c3ccc(F)cc3)nc3ccccc32)cc1. The Morgan fingerprint density at radius 1 is 1.06 bits per heavy atom. The second-order valence-corrected chi connectivity index (χ2v) is 8.44. The van der Waals surface area contributed by atoms with Crippen LogP contribution in [-0.4, -0.2) is 22.1 Å². The number of nitrogens with zero attached hydrogens (tertiary/aromatic N) is 2. The van der Waals surface area contributed by atoms with Crippen molar-refractivity contribution in [1.82, 2.24) is 14.9 Å². The van der Waals surface area contributed by atoms with Gasteiger partial charge in [-0.15, -0.1) is 0 Å². The van der Waals surface area contributed by atoms with Gasteiger partial charge in [0, 0.05) is 12.1 Å². The van der Waals surface area contributed by atoms with Crippen LogP contribution in [0.5, 0.6) is 5.75 Å². The van der Waals surface area contributed by atoms with Crippen LogP contribution >= 0.6 is 0 Å². The number of halogens is 1. The number of fused-ring (bicyclic) bond motifs is 1. The normalized spacial score (nSPS) is 12.0. The summed E-state index contributed by atoms with van der Waals surface area (Å²) in [7, 11) is 0. The van der Waals surface area contributed by atoms with Gasteiger partial charge in [-0.05, 0) is 72.9 Å². The Balaban J connectivity index is 1.38. The highest BCUT2D eigenvalue weighted by molar-refractivity contribution is 5.94. The van der Waals surface area contributed by atoms with Crippen molar-refractivity contribution in [3.05, 3.63) is 95.6 Å². The summed E-state index contributed by atoms with van der Waals surface area (Å²) in [6.07, 6.45) is 1.91. The molecule has 1 heterocycles. The highest BCUT2D eigenvalue weighted by atomic mass is 19.1. The number of aromatic nitrogens is 2. The van der Waals surface area contributed by atoms with Gasteiger partial charge in [0.05, 0.1) is 24.2 Å². The zero-order valence-corrected chi connectivity index (χ0v) is 19.6. The molecule has 0 saturated heterocycles. The van der Waals surface area contributed by atoms with E-state index in [-0.39, 0.29) is 18.3 Å². The topological polar surface area (TPSA) is 56.1 Å². The number of carbonyl (C=O) groups excluding carboxylic acids is 1. The Morgan fingerprint density at radius 2 is 1.79 bits per heavy atom. The first kappa shape index (κ1) is 23.5. The van der Waals surface area contributed by atoms with E-state index in [2.05, 4.69) is 35.9 Å². The van der Waals surface area contributed by atoms with Crippen LogP contribution in [0, 0.1) is 5.82 Å². The minimum atomic E-state index is -0.368. The largest absolute Gasteiger partial charge is 0.494 e. The molecule has 0 aliphatic carbocycles. The molecule has 3 aromatic carbocycles. The Bertz CT molecular complexity index is 1230. The van der Waals surface area contributed by atoms with Crippen LogP contribution in [0.3, 0.4) is 0 Å². The summed E-state index contributed by atoms with van der Waals surface area (Å²) in [5.74, 6) is 1.56. The van der Waals surface area contributed by atoms with Crippen molar-refractivity contribution in [1.29, 1.82) is 0 Å². The molecule has 0 saturated carbocycles. The third kappa shape index (κ3) is 5.63. The van der Waals surface area contributed by atoms with Crippen molar-refractivity contribution in [3.63, 3.8) is 0 Å². The van der Waals surface area contributed by atoms with E-state index in [4.69, 9.17) is 9.72 Å². The first-order valence-corrected chi connectivity index (χ1v) is 11.8. The average Bonchev–Trinajstić information content (AvgIpc) is 3.23. The first-order valence-electron chi connectivity index (χ1n) is 11.8.